The summed E-state index contributed by atoms with van der Waals surface area (Å²) in [7, 11) is 0. The third kappa shape index (κ3) is 3.24. The van der Waals surface area contributed by atoms with Crippen molar-refractivity contribution in [3.63, 3.8) is 0 Å². The SMILES string of the molecule is CC(C)C(C)CNC1CCCc2sc(Cl)cc21. The fourth-order valence-electron chi connectivity index (χ4n) is 2.30. The van der Waals surface area contributed by atoms with Crippen molar-refractivity contribution in [3.8, 4) is 0 Å². The van der Waals surface area contributed by atoms with Gasteiger partial charge >= 0.3 is 0 Å². The number of thiophene rings is 1. The normalized spacial score (nSPS) is 21.6. The summed E-state index contributed by atoms with van der Waals surface area (Å²) in [6.45, 7) is 8.01. The van der Waals surface area contributed by atoms with Crippen molar-refractivity contribution < 1.29 is 0 Å². The molecule has 2 atom stereocenters. The Morgan fingerprint density at radius 2 is 2.24 bits per heavy atom. The Bertz CT molecular complexity index is 372. The summed E-state index contributed by atoms with van der Waals surface area (Å²) in [6, 6.07) is 2.70. The molecular weight excluding hydrogens is 250 g/mol. The molecule has 0 amide bonds. The van der Waals surface area contributed by atoms with E-state index in [-0.39, 0.29) is 0 Å². The highest BCUT2D eigenvalue weighted by molar-refractivity contribution is 7.16. The van der Waals surface area contributed by atoms with Gasteiger partial charge in [0.1, 0.15) is 0 Å². The predicted octanol–water partition coefficient (Wildman–Crippen LogP) is 4.66. The number of rotatable bonds is 4. The van der Waals surface area contributed by atoms with Crippen molar-refractivity contribution in [3.05, 3.63) is 20.8 Å². The fourth-order valence-corrected chi connectivity index (χ4v) is 3.68. The fraction of sp³-hybridized carbons (Fsp3) is 0.714. The molecule has 0 saturated carbocycles. The maximum Gasteiger partial charge on any atom is 0.0934 e. The maximum atomic E-state index is 6.12. The van der Waals surface area contributed by atoms with E-state index in [9.17, 15) is 0 Å². The van der Waals surface area contributed by atoms with Crippen molar-refractivity contribution in [2.75, 3.05) is 6.54 Å². The van der Waals surface area contributed by atoms with Gasteiger partial charge in [-0.25, -0.2) is 0 Å². The summed E-state index contributed by atoms with van der Waals surface area (Å²) in [5.74, 6) is 1.48. The summed E-state index contributed by atoms with van der Waals surface area (Å²) in [5.41, 5.74) is 1.46. The predicted molar refractivity (Wildman–Crippen MR) is 77.0 cm³/mol. The summed E-state index contributed by atoms with van der Waals surface area (Å²) >= 11 is 7.88. The largest absolute Gasteiger partial charge is 0.310 e. The van der Waals surface area contributed by atoms with Crippen LogP contribution in [0.25, 0.3) is 0 Å². The van der Waals surface area contributed by atoms with E-state index in [1.807, 2.05) is 0 Å². The molecule has 1 aliphatic carbocycles. The lowest BCUT2D eigenvalue weighted by Gasteiger charge is -2.26. The van der Waals surface area contributed by atoms with E-state index < -0.39 is 0 Å². The van der Waals surface area contributed by atoms with Crippen LogP contribution in [0.2, 0.25) is 4.34 Å². The number of hydrogen-bond donors (Lipinski definition) is 1. The Morgan fingerprint density at radius 1 is 1.47 bits per heavy atom. The standard InChI is InChI=1S/C14H22ClNS/c1-9(2)10(3)8-16-12-5-4-6-13-11(12)7-14(15)17-13/h7,9-10,12,16H,4-6,8H2,1-3H3. The van der Waals surface area contributed by atoms with E-state index in [4.69, 9.17) is 11.6 Å². The van der Waals surface area contributed by atoms with Crippen LogP contribution < -0.4 is 5.32 Å². The molecule has 1 N–H and O–H groups in total. The van der Waals surface area contributed by atoms with Gasteiger partial charge in [0.25, 0.3) is 0 Å². The van der Waals surface area contributed by atoms with E-state index >= 15 is 0 Å². The van der Waals surface area contributed by atoms with Crippen LogP contribution in [0, 0.1) is 11.8 Å². The van der Waals surface area contributed by atoms with Gasteiger partial charge in [-0.05, 0) is 49.3 Å². The average Bonchev–Trinajstić information content (AvgIpc) is 2.66. The van der Waals surface area contributed by atoms with Crippen LogP contribution in [0.3, 0.4) is 0 Å². The molecular formula is C14H22ClNS. The first-order valence-electron chi connectivity index (χ1n) is 6.59. The van der Waals surface area contributed by atoms with E-state index in [0.717, 1.165) is 22.7 Å². The number of nitrogens with one attached hydrogen (secondary N) is 1. The zero-order valence-electron chi connectivity index (χ0n) is 10.9. The smallest absolute Gasteiger partial charge is 0.0934 e. The second-order valence-electron chi connectivity index (χ2n) is 5.50. The van der Waals surface area contributed by atoms with Crippen molar-refractivity contribution in [2.45, 2.75) is 46.1 Å². The molecule has 1 aliphatic rings. The minimum absolute atomic E-state index is 0.531. The number of hydrogen-bond acceptors (Lipinski definition) is 2. The van der Waals surface area contributed by atoms with Gasteiger partial charge in [-0.1, -0.05) is 32.4 Å². The molecule has 2 rings (SSSR count). The zero-order valence-corrected chi connectivity index (χ0v) is 12.5. The maximum absolute atomic E-state index is 6.12. The highest BCUT2D eigenvalue weighted by Gasteiger charge is 2.22. The minimum Gasteiger partial charge on any atom is -0.310 e. The van der Waals surface area contributed by atoms with Crippen molar-refractivity contribution in [1.29, 1.82) is 0 Å². The van der Waals surface area contributed by atoms with E-state index in [2.05, 4.69) is 32.2 Å². The second-order valence-corrected chi connectivity index (χ2v) is 7.27. The van der Waals surface area contributed by atoms with E-state index in [1.54, 1.807) is 11.3 Å². The van der Waals surface area contributed by atoms with Gasteiger partial charge in [0.2, 0.25) is 0 Å². The summed E-state index contributed by atoms with van der Waals surface area (Å²) in [4.78, 5) is 1.50. The molecule has 1 aromatic rings. The molecule has 2 unspecified atom stereocenters. The Hall–Kier alpha value is -0.0500. The summed E-state index contributed by atoms with van der Waals surface area (Å²) in [5, 5.41) is 3.72. The first-order chi connectivity index (χ1) is 8.08. The molecule has 0 saturated heterocycles. The van der Waals surface area contributed by atoms with Crippen LogP contribution in [0.4, 0.5) is 0 Å². The molecule has 0 spiro atoms. The van der Waals surface area contributed by atoms with E-state index in [1.165, 1.54) is 29.7 Å². The lowest BCUT2D eigenvalue weighted by atomic mass is 9.92. The molecule has 17 heavy (non-hydrogen) atoms. The van der Waals surface area contributed by atoms with Crippen LogP contribution in [-0.2, 0) is 6.42 Å². The third-order valence-electron chi connectivity index (χ3n) is 3.91. The first kappa shape index (κ1) is 13.4. The molecule has 0 aliphatic heterocycles. The molecule has 0 aromatic carbocycles. The molecule has 1 aromatic heterocycles. The number of fused-ring (bicyclic) bond motifs is 1. The van der Waals surface area contributed by atoms with Crippen molar-refractivity contribution in [2.24, 2.45) is 11.8 Å². The van der Waals surface area contributed by atoms with Gasteiger partial charge in [0, 0.05) is 10.9 Å². The molecule has 0 radical (unpaired) electrons. The number of aryl methyl sites for hydroxylation is 1. The molecule has 0 bridgehead atoms. The molecule has 0 fully saturated rings. The van der Waals surface area contributed by atoms with Crippen LogP contribution in [0.5, 0.6) is 0 Å². The van der Waals surface area contributed by atoms with Crippen molar-refractivity contribution in [1.82, 2.24) is 5.32 Å². The van der Waals surface area contributed by atoms with Crippen LogP contribution in [0.15, 0.2) is 6.07 Å². The van der Waals surface area contributed by atoms with Gasteiger partial charge in [-0.2, -0.15) is 0 Å². The van der Waals surface area contributed by atoms with Gasteiger partial charge in [-0.3, -0.25) is 0 Å². The lowest BCUT2D eigenvalue weighted by molar-refractivity contribution is 0.355. The Morgan fingerprint density at radius 3 is 2.94 bits per heavy atom. The molecule has 1 nitrogen and oxygen atoms in total. The number of halogens is 1. The molecule has 3 heteroatoms. The highest BCUT2D eigenvalue weighted by atomic mass is 35.5. The van der Waals surface area contributed by atoms with Crippen molar-refractivity contribution >= 4 is 22.9 Å². The van der Waals surface area contributed by atoms with Gasteiger partial charge in [0.15, 0.2) is 0 Å². The zero-order chi connectivity index (χ0) is 12.4. The average molecular weight is 272 g/mol. The minimum atomic E-state index is 0.531. The quantitative estimate of drug-likeness (QED) is 0.840. The summed E-state index contributed by atoms with van der Waals surface area (Å²) in [6.07, 6.45) is 3.76. The highest BCUT2D eigenvalue weighted by Crippen LogP contribution is 2.37. The van der Waals surface area contributed by atoms with Crippen LogP contribution >= 0.6 is 22.9 Å². The van der Waals surface area contributed by atoms with Gasteiger partial charge < -0.3 is 5.32 Å². The molecule has 96 valence electrons. The van der Waals surface area contributed by atoms with E-state index in [0.29, 0.717) is 6.04 Å². The monoisotopic (exact) mass is 271 g/mol. The molecule has 1 heterocycles. The first-order valence-corrected chi connectivity index (χ1v) is 7.79. The van der Waals surface area contributed by atoms with Crippen LogP contribution in [0.1, 0.15) is 50.1 Å². The van der Waals surface area contributed by atoms with Gasteiger partial charge in [-0.15, -0.1) is 11.3 Å². The Labute approximate surface area is 114 Å². The Kier molecular flexibility index (Phi) is 4.51. The summed E-state index contributed by atoms with van der Waals surface area (Å²) < 4.78 is 0.945. The topological polar surface area (TPSA) is 12.0 Å². The lowest BCUT2D eigenvalue weighted by Crippen LogP contribution is -2.30. The third-order valence-corrected chi connectivity index (χ3v) is 5.25. The van der Waals surface area contributed by atoms with Gasteiger partial charge in [0.05, 0.1) is 4.34 Å². The van der Waals surface area contributed by atoms with Crippen LogP contribution in [-0.4, -0.2) is 6.54 Å². The second kappa shape index (κ2) is 5.73. The Balaban J connectivity index is 1.99.